The van der Waals surface area contributed by atoms with E-state index in [-0.39, 0.29) is 12.4 Å². The number of H-pyrrole nitrogens is 1. The third-order valence-electron chi connectivity index (χ3n) is 6.40. The molecule has 1 fully saturated rings. The van der Waals surface area contributed by atoms with E-state index in [1.54, 1.807) is 6.20 Å². The minimum absolute atomic E-state index is 0. The predicted molar refractivity (Wildman–Crippen MR) is 135 cm³/mol. The Hall–Kier alpha value is -3.75. The van der Waals surface area contributed by atoms with Crippen LogP contribution in [0, 0.1) is 0 Å². The number of carbonyl (C=O) groups excluding carboxylic acids is 2. The average molecular weight is 475 g/mol. The van der Waals surface area contributed by atoms with Crippen molar-refractivity contribution in [2.24, 2.45) is 0 Å². The van der Waals surface area contributed by atoms with Crippen LogP contribution in [0.1, 0.15) is 11.3 Å². The predicted octanol–water partition coefficient (Wildman–Crippen LogP) is 2.85. The highest BCUT2D eigenvalue weighted by Gasteiger charge is 2.35. The minimum atomic E-state index is -0.437. The Bertz CT molecular complexity index is 1470. The second-order valence-corrected chi connectivity index (χ2v) is 8.46. The highest BCUT2D eigenvalue weighted by atomic mass is 35.5. The Morgan fingerprint density at radius 1 is 0.824 bits per heavy atom. The van der Waals surface area contributed by atoms with Gasteiger partial charge in [0.2, 0.25) is 5.95 Å². The Balaban J connectivity index is 0.00000241. The number of carbonyl (C=O) groups is 2. The van der Waals surface area contributed by atoms with Crippen LogP contribution in [0.25, 0.3) is 33.0 Å². The zero-order valence-electron chi connectivity index (χ0n) is 18.5. The molecule has 9 heteroatoms. The third kappa shape index (κ3) is 3.52. The maximum Gasteiger partial charge on any atom is 0.261 e. The molecule has 34 heavy (non-hydrogen) atoms. The van der Waals surface area contributed by atoms with Crippen LogP contribution in [-0.4, -0.2) is 64.9 Å². The monoisotopic (exact) mass is 474 g/mol. The van der Waals surface area contributed by atoms with Crippen LogP contribution >= 0.6 is 12.4 Å². The van der Waals surface area contributed by atoms with Gasteiger partial charge in [0.25, 0.3) is 11.8 Å². The van der Waals surface area contributed by atoms with E-state index in [9.17, 15) is 9.59 Å². The first-order chi connectivity index (χ1) is 16.1. The molecule has 1 saturated heterocycles. The number of halogens is 1. The van der Waals surface area contributed by atoms with Crippen LogP contribution < -0.4 is 10.2 Å². The summed E-state index contributed by atoms with van der Waals surface area (Å²) in [5, 5.41) is 4.12. The molecule has 4 aromatic rings. The molecule has 2 aliphatic heterocycles. The lowest BCUT2D eigenvalue weighted by Crippen LogP contribution is -2.45. The molecule has 6 rings (SSSR count). The number of rotatable bonds is 3. The van der Waals surface area contributed by atoms with E-state index in [2.05, 4.69) is 27.1 Å². The summed E-state index contributed by atoms with van der Waals surface area (Å²) in [6.45, 7) is 3.42. The van der Waals surface area contributed by atoms with Gasteiger partial charge in [0.15, 0.2) is 0 Å². The van der Waals surface area contributed by atoms with Crippen molar-refractivity contribution < 1.29 is 9.59 Å². The molecule has 2 aromatic heterocycles. The lowest BCUT2D eigenvalue weighted by Gasteiger charge is -2.32. The SMILES string of the molecule is CN1CCN(c2nc(C3=C(c4c[nH]c5ccccc45)C(=O)NC3=O)c3ccccc3n2)CC1.Cl. The van der Waals surface area contributed by atoms with E-state index in [4.69, 9.17) is 9.97 Å². The van der Waals surface area contributed by atoms with E-state index in [1.165, 1.54) is 0 Å². The number of para-hydroxylation sites is 2. The molecule has 0 unspecified atom stereocenters. The molecule has 2 N–H and O–H groups in total. The number of piperazine rings is 1. The fraction of sp³-hybridized carbons (Fsp3) is 0.200. The summed E-state index contributed by atoms with van der Waals surface area (Å²) in [6.07, 6.45) is 1.78. The smallest absolute Gasteiger partial charge is 0.261 e. The van der Waals surface area contributed by atoms with Gasteiger partial charge in [-0.15, -0.1) is 12.4 Å². The number of fused-ring (bicyclic) bond motifs is 2. The van der Waals surface area contributed by atoms with Crippen LogP contribution in [0.5, 0.6) is 0 Å². The van der Waals surface area contributed by atoms with Gasteiger partial charge in [0.05, 0.1) is 22.4 Å². The summed E-state index contributed by atoms with van der Waals surface area (Å²) in [5.41, 5.74) is 3.45. The molecule has 8 nitrogen and oxygen atoms in total. The highest BCUT2D eigenvalue weighted by molar-refractivity contribution is 6.50. The molecule has 0 saturated carbocycles. The maximum absolute atomic E-state index is 13.1. The van der Waals surface area contributed by atoms with Gasteiger partial charge in [0, 0.05) is 54.2 Å². The molecule has 0 aliphatic carbocycles. The second-order valence-electron chi connectivity index (χ2n) is 8.46. The second kappa shape index (κ2) is 8.55. The summed E-state index contributed by atoms with van der Waals surface area (Å²) in [5.74, 6) is -0.271. The molecule has 172 valence electrons. The highest BCUT2D eigenvalue weighted by Crippen LogP contribution is 2.37. The summed E-state index contributed by atoms with van der Waals surface area (Å²) in [7, 11) is 2.09. The van der Waals surface area contributed by atoms with Crippen molar-refractivity contribution in [1.82, 2.24) is 25.2 Å². The quantitative estimate of drug-likeness (QED) is 0.443. The van der Waals surface area contributed by atoms with Crippen molar-refractivity contribution >= 4 is 63.1 Å². The summed E-state index contributed by atoms with van der Waals surface area (Å²) in [4.78, 5) is 43.4. The normalized spacial score (nSPS) is 16.9. The first kappa shape index (κ1) is 22.1. The third-order valence-corrected chi connectivity index (χ3v) is 6.40. The summed E-state index contributed by atoms with van der Waals surface area (Å²) < 4.78 is 0. The standard InChI is InChI=1S/C25H22N6O2.ClH/c1-30-10-12-31(13-11-30)25-27-19-9-5-3-7-16(19)22(28-25)21-20(23(32)29-24(21)33)17-14-26-18-8-4-2-6-15(17)18;/h2-9,14,26H,10-13H2,1H3,(H,29,32,33);1H. The topological polar surface area (TPSA) is 94.2 Å². The average Bonchev–Trinajstić information content (AvgIpc) is 3.38. The van der Waals surface area contributed by atoms with E-state index in [0.717, 1.165) is 48.0 Å². The number of anilines is 1. The fourth-order valence-corrected chi connectivity index (χ4v) is 4.62. The van der Waals surface area contributed by atoms with Crippen molar-refractivity contribution in [3.8, 4) is 0 Å². The lowest BCUT2D eigenvalue weighted by atomic mass is 9.97. The number of aromatic amines is 1. The number of nitrogens with zero attached hydrogens (tertiary/aromatic N) is 4. The van der Waals surface area contributed by atoms with Gasteiger partial charge in [-0.05, 0) is 19.2 Å². The van der Waals surface area contributed by atoms with Gasteiger partial charge in [-0.2, -0.15) is 0 Å². The molecule has 0 radical (unpaired) electrons. The van der Waals surface area contributed by atoms with Gasteiger partial charge >= 0.3 is 0 Å². The number of hydrogen-bond donors (Lipinski definition) is 2. The van der Waals surface area contributed by atoms with Crippen LogP contribution in [0.2, 0.25) is 0 Å². The van der Waals surface area contributed by atoms with E-state index < -0.39 is 11.8 Å². The Kier molecular flexibility index (Phi) is 5.55. The zero-order valence-corrected chi connectivity index (χ0v) is 19.4. The first-order valence-corrected chi connectivity index (χ1v) is 11.0. The van der Waals surface area contributed by atoms with Crippen molar-refractivity contribution in [1.29, 1.82) is 0 Å². The molecular formula is C25H23ClN6O2. The molecule has 2 amide bonds. The van der Waals surface area contributed by atoms with Gasteiger partial charge in [0.1, 0.15) is 0 Å². The molecule has 0 bridgehead atoms. The molecule has 0 spiro atoms. The van der Waals surface area contributed by atoms with Crippen LogP contribution in [0.3, 0.4) is 0 Å². The number of benzene rings is 2. The van der Waals surface area contributed by atoms with Gasteiger partial charge < -0.3 is 14.8 Å². The maximum atomic E-state index is 13.1. The first-order valence-electron chi connectivity index (χ1n) is 11.0. The number of hydrogen-bond acceptors (Lipinski definition) is 6. The van der Waals surface area contributed by atoms with Crippen molar-refractivity contribution in [3.05, 3.63) is 66.0 Å². The number of aromatic nitrogens is 3. The molecule has 0 atom stereocenters. The molecule has 2 aliphatic rings. The van der Waals surface area contributed by atoms with Crippen molar-refractivity contribution in [2.45, 2.75) is 0 Å². The van der Waals surface area contributed by atoms with Crippen LogP contribution in [-0.2, 0) is 9.59 Å². The van der Waals surface area contributed by atoms with Crippen LogP contribution in [0.15, 0.2) is 54.7 Å². The molecular weight excluding hydrogens is 452 g/mol. The van der Waals surface area contributed by atoms with Crippen LogP contribution in [0.4, 0.5) is 5.95 Å². The van der Waals surface area contributed by atoms with Crippen molar-refractivity contribution in [3.63, 3.8) is 0 Å². The van der Waals surface area contributed by atoms with Gasteiger partial charge in [-0.1, -0.05) is 36.4 Å². The minimum Gasteiger partial charge on any atom is -0.361 e. The lowest BCUT2D eigenvalue weighted by molar-refractivity contribution is -0.122. The van der Waals surface area contributed by atoms with E-state index in [1.807, 2.05) is 48.5 Å². The van der Waals surface area contributed by atoms with E-state index in [0.29, 0.717) is 28.4 Å². The zero-order chi connectivity index (χ0) is 22.5. The summed E-state index contributed by atoms with van der Waals surface area (Å²) >= 11 is 0. The Morgan fingerprint density at radius 3 is 2.29 bits per heavy atom. The number of nitrogens with one attached hydrogen (secondary N) is 2. The molecule has 4 heterocycles. The summed E-state index contributed by atoms with van der Waals surface area (Å²) in [6, 6.07) is 15.4. The van der Waals surface area contributed by atoms with Crippen molar-refractivity contribution in [2.75, 3.05) is 38.1 Å². The van der Waals surface area contributed by atoms with E-state index >= 15 is 0 Å². The number of likely N-dealkylation sites (N-methyl/N-ethyl adjacent to an activating group) is 1. The molecule has 2 aromatic carbocycles. The number of imide groups is 1. The van der Waals surface area contributed by atoms with Gasteiger partial charge in [-0.25, -0.2) is 9.97 Å². The Labute approximate surface area is 202 Å². The largest absolute Gasteiger partial charge is 0.361 e. The van der Waals surface area contributed by atoms with Gasteiger partial charge in [-0.3, -0.25) is 14.9 Å². The Morgan fingerprint density at radius 2 is 1.50 bits per heavy atom. The fourth-order valence-electron chi connectivity index (χ4n) is 4.62. The number of amides is 2.